The van der Waals surface area contributed by atoms with Crippen LogP contribution in [0.4, 0.5) is 0 Å². The molecule has 3 aliphatic rings. The average Bonchev–Trinajstić information content (AvgIpc) is 3.59. The molecule has 0 saturated carbocycles. The van der Waals surface area contributed by atoms with E-state index in [4.69, 9.17) is 28.4 Å². The summed E-state index contributed by atoms with van der Waals surface area (Å²) in [5, 5.41) is 120. The van der Waals surface area contributed by atoms with Gasteiger partial charge in [0, 0.05) is 6.42 Å². The van der Waals surface area contributed by atoms with Crippen LogP contribution in [0.2, 0.25) is 0 Å². The third-order valence-electron chi connectivity index (χ3n) is 15.6. The van der Waals surface area contributed by atoms with E-state index in [2.05, 4.69) is 67.8 Å². The molecule has 0 aromatic carbocycles. The topological polar surface area (TPSA) is 307 Å². The molecule has 12 N–H and O–H groups in total. The molecule has 476 valence electrons. The molecule has 3 fully saturated rings. The van der Waals surface area contributed by atoms with Gasteiger partial charge < -0.3 is 89.9 Å². The predicted molar refractivity (Wildman–Crippen MR) is 314 cm³/mol. The van der Waals surface area contributed by atoms with Crippen molar-refractivity contribution in [3.05, 3.63) is 60.8 Å². The third-order valence-corrected chi connectivity index (χ3v) is 15.6. The van der Waals surface area contributed by atoms with Crippen molar-refractivity contribution >= 4 is 5.91 Å². The van der Waals surface area contributed by atoms with E-state index in [-0.39, 0.29) is 18.9 Å². The van der Waals surface area contributed by atoms with Crippen molar-refractivity contribution in [2.45, 2.75) is 304 Å². The van der Waals surface area contributed by atoms with Crippen LogP contribution < -0.4 is 5.32 Å². The maximum absolute atomic E-state index is 13.3. The largest absolute Gasteiger partial charge is 0.394 e. The van der Waals surface area contributed by atoms with Gasteiger partial charge in [-0.1, -0.05) is 197 Å². The lowest BCUT2D eigenvalue weighted by Crippen LogP contribution is -2.66. The Hall–Kier alpha value is -2.51. The minimum atomic E-state index is -1.98. The smallest absolute Gasteiger partial charge is 0.220 e. The maximum Gasteiger partial charge on any atom is 0.220 e. The first-order valence-electron chi connectivity index (χ1n) is 31.5. The van der Waals surface area contributed by atoms with Crippen LogP contribution in [-0.4, -0.2) is 193 Å². The maximum atomic E-state index is 13.3. The van der Waals surface area contributed by atoms with E-state index in [1.54, 1.807) is 6.08 Å². The summed E-state index contributed by atoms with van der Waals surface area (Å²) in [4.78, 5) is 13.3. The number of hydrogen-bond donors (Lipinski definition) is 12. The second-order valence-electron chi connectivity index (χ2n) is 22.5. The average molecular weight is 1170 g/mol. The van der Waals surface area contributed by atoms with Gasteiger partial charge in [-0.2, -0.15) is 0 Å². The molecule has 1 amide bonds. The molecule has 82 heavy (non-hydrogen) atoms. The first kappa shape index (κ1) is 73.7. The number of nitrogens with one attached hydrogen (secondary N) is 1. The summed E-state index contributed by atoms with van der Waals surface area (Å²) in [6.45, 7) is 1.59. The molecule has 17 unspecified atom stereocenters. The molecule has 3 saturated heterocycles. The quantitative estimate of drug-likeness (QED) is 0.0231. The number of rotatable bonds is 46. The highest BCUT2D eigenvalue weighted by Crippen LogP contribution is 2.33. The summed E-state index contributed by atoms with van der Waals surface area (Å²) in [7, 11) is 0. The van der Waals surface area contributed by atoms with Gasteiger partial charge in [-0.3, -0.25) is 4.79 Å². The van der Waals surface area contributed by atoms with E-state index in [1.807, 2.05) is 6.08 Å². The summed E-state index contributed by atoms with van der Waals surface area (Å²) in [5.74, 6) is -0.281. The van der Waals surface area contributed by atoms with Crippen LogP contribution in [0.3, 0.4) is 0 Å². The Balaban J connectivity index is 1.44. The van der Waals surface area contributed by atoms with Gasteiger partial charge in [0.25, 0.3) is 0 Å². The molecule has 0 aliphatic carbocycles. The molecule has 0 radical (unpaired) electrons. The minimum Gasteiger partial charge on any atom is -0.394 e. The number of allylic oxidation sites excluding steroid dienone is 9. The summed E-state index contributed by atoms with van der Waals surface area (Å²) < 4.78 is 34.2. The normalized spacial score (nSPS) is 30.0. The van der Waals surface area contributed by atoms with E-state index < -0.39 is 124 Å². The SMILES string of the molecule is CC/C=C\C/C=C\C/C=C\C/C=C\CCCCCCCCCCCCCCC(=O)NC(COC1OC(CO)C(OC2OC(CO)C(OC3OC(CO)C(O)C(O)C3O)C(O)C2O)C(O)C1O)C(O)/C=C/CCCCCCCCCCCC. The van der Waals surface area contributed by atoms with Crippen molar-refractivity contribution in [1.29, 1.82) is 0 Å². The van der Waals surface area contributed by atoms with Gasteiger partial charge in [0.1, 0.15) is 73.2 Å². The Morgan fingerprint density at radius 1 is 0.451 bits per heavy atom. The standard InChI is InChI=1S/C63H111NO18/c1-3-5-7-9-11-13-15-17-18-19-20-21-22-23-24-25-26-27-28-29-31-33-35-37-39-41-51(69)64-46(47(68)40-38-36-34-32-30-16-14-12-10-8-6-4-2)45-77-61-57(75)54(72)59(49(43-66)79-61)82-63-58(76)55(73)60(50(44-67)80-63)81-62-56(74)53(71)52(70)48(42-65)78-62/h5,7,11,13,17-18,20-21,38,40,46-50,52-63,65-68,70-76H,3-4,6,8-10,12,14-16,19,22-37,39,41-45H2,1-2H3,(H,64,69)/b7-5-,13-11-,18-17-,21-20-,40-38+. The Labute approximate surface area is 490 Å². The minimum absolute atomic E-state index is 0.238. The summed E-state index contributed by atoms with van der Waals surface area (Å²) >= 11 is 0. The number of hydrogen-bond acceptors (Lipinski definition) is 18. The zero-order valence-electron chi connectivity index (χ0n) is 49.7. The van der Waals surface area contributed by atoms with Gasteiger partial charge >= 0.3 is 0 Å². The first-order valence-corrected chi connectivity index (χ1v) is 31.5. The summed E-state index contributed by atoms with van der Waals surface area (Å²) in [6, 6.07) is -0.975. The second-order valence-corrected chi connectivity index (χ2v) is 22.5. The zero-order chi connectivity index (χ0) is 59.7. The van der Waals surface area contributed by atoms with Gasteiger partial charge in [0.05, 0.1) is 38.6 Å². The number of aliphatic hydroxyl groups excluding tert-OH is 11. The Kier molecular flexibility index (Phi) is 41.2. The van der Waals surface area contributed by atoms with Crippen molar-refractivity contribution in [2.75, 3.05) is 26.4 Å². The molecule has 0 bridgehead atoms. The van der Waals surface area contributed by atoms with Crippen molar-refractivity contribution in [2.24, 2.45) is 0 Å². The second kappa shape index (κ2) is 45.8. The number of ether oxygens (including phenoxy) is 6. The Bertz CT molecular complexity index is 1730. The third kappa shape index (κ3) is 28.8. The monoisotopic (exact) mass is 1170 g/mol. The molecule has 19 heteroatoms. The van der Waals surface area contributed by atoms with E-state index in [1.165, 1.54) is 96.3 Å². The molecule has 3 heterocycles. The van der Waals surface area contributed by atoms with Crippen molar-refractivity contribution < 1.29 is 89.4 Å². The lowest BCUT2D eigenvalue weighted by molar-refractivity contribution is -0.379. The fourth-order valence-corrected chi connectivity index (χ4v) is 10.4. The number of carbonyl (C=O) groups excluding carboxylic acids is 1. The van der Waals surface area contributed by atoms with Crippen molar-refractivity contribution in [3.63, 3.8) is 0 Å². The van der Waals surface area contributed by atoms with Gasteiger partial charge in [0.2, 0.25) is 5.91 Å². The number of aliphatic hydroxyl groups is 11. The van der Waals surface area contributed by atoms with E-state index in [0.29, 0.717) is 6.42 Å². The first-order chi connectivity index (χ1) is 39.8. The van der Waals surface area contributed by atoms with Gasteiger partial charge in [0.15, 0.2) is 18.9 Å². The van der Waals surface area contributed by atoms with Crippen LogP contribution in [0, 0.1) is 0 Å². The molecule has 0 spiro atoms. The molecule has 0 aromatic heterocycles. The van der Waals surface area contributed by atoms with Crippen LogP contribution in [0.5, 0.6) is 0 Å². The van der Waals surface area contributed by atoms with E-state index in [0.717, 1.165) is 77.0 Å². The molecule has 3 aliphatic heterocycles. The fourth-order valence-electron chi connectivity index (χ4n) is 10.4. The summed E-state index contributed by atoms with van der Waals surface area (Å²) in [5.41, 5.74) is 0. The number of unbranched alkanes of at least 4 members (excludes halogenated alkanes) is 22. The Morgan fingerprint density at radius 2 is 0.841 bits per heavy atom. The highest BCUT2D eigenvalue weighted by atomic mass is 16.8. The molecular formula is C63H111NO18. The zero-order valence-corrected chi connectivity index (χ0v) is 49.7. The van der Waals surface area contributed by atoms with Crippen LogP contribution in [0.1, 0.15) is 200 Å². The fraction of sp³-hybridized carbons (Fsp3) is 0.825. The van der Waals surface area contributed by atoms with Crippen LogP contribution in [0.15, 0.2) is 60.8 Å². The number of carbonyl (C=O) groups is 1. The van der Waals surface area contributed by atoms with Crippen molar-refractivity contribution in [3.8, 4) is 0 Å². The highest BCUT2D eigenvalue weighted by Gasteiger charge is 2.53. The molecular weight excluding hydrogens is 1060 g/mol. The van der Waals surface area contributed by atoms with Crippen LogP contribution >= 0.6 is 0 Å². The molecule has 17 atom stereocenters. The van der Waals surface area contributed by atoms with Gasteiger partial charge in [-0.25, -0.2) is 0 Å². The Morgan fingerprint density at radius 3 is 1.32 bits per heavy atom. The highest BCUT2D eigenvalue weighted by molar-refractivity contribution is 5.76. The van der Waals surface area contributed by atoms with Gasteiger partial charge in [-0.15, -0.1) is 0 Å². The summed E-state index contributed by atoms with van der Waals surface area (Å²) in [6.07, 6.45) is 26.3. The van der Waals surface area contributed by atoms with Crippen LogP contribution in [0.25, 0.3) is 0 Å². The van der Waals surface area contributed by atoms with E-state index >= 15 is 0 Å². The van der Waals surface area contributed by atoms with Gasteiger partial charge in [-0.05, 0) is 57.8 Å². The molecule has 3 rings (SSSR count). The lowest BCUT2D eigenvalue weighted by atomic mass is 9.96. The van der Waals surface area contributed by atoms with Crippen molar-refractivity contribution in [1.82, 2.24) is 5.32 Å². The van der Waals surface area contributed by atoms with Crippen LogP contribution in [-0.2, 0) is 33.2 Å². The lowest BCUT2D eigenvalue weighted by Gasteiger charge is -2.48. The van der Waals surface area contributed by atoms with E-state index in [9.17, 15) is 61.0 Å². The molecule has 0 aromatic rings. The predicted octanol–water partition coefficient (Wildman–Crippen LogP) is 6.43. The molecule has 19 nitrogen and oxygen atoms in total. The number of amides is 1.